The number of rotatable bonds is 0. The van der Waals surface area contributed by atoms with E-state index in [1.54, 1.807) is 0 Å². The van der Waals surface area contributed by atoms with E-state index < -0.39 is 0 Å². The molecule has 0 radical (unpaired) electrons. The van der Waals surface area contributed by atoms with Crippen molar-refractivity contribution in [2.75, 3.05) is 0 Å². The molecule has 0 saturated heterocycles. The van der Waals surface area contributed by atoms with Crippen LogP contribution in [0.5, 0.6) is 0 Å². The van der Waals surface area contributed by atoms with Gasteiger partial charge in [-0.05, 0) is 0 Å². The van der Waals surface area contributed by atoms with Gasteiger partial charge in [0.1, 0.15) is 0 Å². The zero-order valence-electron chi connectivity index (χ0n) is 2.45. The third-order valence-electron chi connectivity index (χ3n) is 0. The topological polar surface area (TPSA) is 34.1 Å². The van der Waals surface area contributed by atoms with Crippen molar-refractivity contribution in [3.63, 3.8) is 0 Å². The van der Waals surface area contributed by atoms with Crippen LogP contribution in [0.1, 0.15) is 0 Å². The first-order chi connectivity index (χ1) is 2.83. The summed E-state index contributed by atoms with van der Waals surface area (Å²) >= 11 is 2.94. The monoisotopic (exact) mass is 446 g/mol. The molecule has 2 nitrogen and oxygen atoms in total. The van der Waals surface area contributed by atoms with E-state index in [9.17, 15) is 0 Å². The van der Waals surface area contributed by atoms with Gasteiger partial charge in [0.15, 0.2) is 0 Å². The molecule has 4 heteroatoms. The van der Waals surface area contributed by atoms with Crippen LogP contribution < -0.4 is 0 Å². The molecule has 0 saturated carbocycles. The summed E-state index contributed by atoms with van der Waals surface area (Å²) in [5, 5.41) is 0. The first kappa shape index (κ1) is 9.74. The first-order valence-corrected chi connectivity index (χ1v) is 3.00. The van der Waals surface area contributed by atoms with Crippen molar-refractivity contribution < 1.29 is 48.3 Å². The van der Waals surface area contributed by atoms with E-state index in [0.29, 0.717) is 0 Å². The van der Waals surface area contributed by atoms with Crippen molar-refractivity contribution in [3.8, 4) is 0 Å². The molecule has 0 aromatic carbocycles. The SMILES string of the molecule is O=[C]=[Pt].O=[C]=[Pt]. The van der Waals surface area contributed by atoms with Gasteiger partial charge in [0.2, 0.25) is 0 Å². The normalized spacial score (nSPS) is 3.33. The third-order valence-corrected chi connectivity index (χ3v) is 0. The molecule has 0 N–H and O–H groups in total. The van der Waals surface area contributed by atoms with E-state index in [4.69, 9.17) is 9.59 Å². The predicted octanol–water partition coefficient (Wildman–Crippen LogP) is -0.799. The van der Waals surface area contributed by atoms with E-state index in [-0.39, 0.29) is 0 Å². The predicted molar refractivity (Wildman–Crippen MR) is 11.4 cm³/mol. The van der Waals surface area contributed by atoms with E-state index in [0.717, 1.165) is 0 Å². The molecule has 0 aromatic rings. The molecular weight excluding hydrogens is 446 g/mol. The minimum absolute atomic E-state index is 1.47. The molecule has 0 fully saturated rings. The second-order valence-corrected chi connectivity index (χ2v) is 1.06. The summed E-state index contributed by atoms with van der Waals surface area (Å²) in [5.74, 6) is 0. The van der Waals surface area contributed by atoms with E-state index in [1.165, 1.54) is 47.2 Å². The molecule has 0 unspecified atom stereocenters. The zero-order valence-corrected chi connectivity index (χ0v) is 6.99. The molecule has 0 amide bonds. The van der Waals surface area contributed by atoms with Gasteiger partial charge in [-0.25, -0.2) is 0 Å². The average molecular weight is 446 g/mol. The van der Waals surface area contributed by atoms with Gasteiger partial charge in [-0.1, -0.05) is 0 Å². The Kier molecular flexibility index (Phi) is 28.7. The van der Waals surface area contributed by atoms with Gasteiger partial charge in [0.25, 0.3) is 0 Å². The molecule has 0 spiro atoms. The zero-order chi connectivity index (χ0) is 5.41. The van der Waals surface area contributed by atoms with Crippen molar-refractivity contribution in [1.29, 1.82) is 0 Å². The molecule has 0 aliphatic heterocycles. The summed E-state index contributed by atoms with van der Waals surface area (Å²) < 4.78 is 2.94. The van der Waals surface area contributed by atoms with Crippen LogP contribution in [0.2, 0.25) is 0 Å². The van der Waals surface area contributed by atoms with Crippen LogP contribution in [0.25, 0.3) is 0 Å². The molecule has 0 aliphatic carbocycles. The number of hydrogen-bond donors (Lipinski definition) is 0. The minimum atomic E-state index is 1.47. The van der Waals surface area contributed by atoms with Crippen LogP contribution in [0, 0.1) is 0 Å². The van der Waals surface area contributed by atoms with Crippen molar-refractivity contribution in [2.24, 2.45) is 0 Å². The molecule has 0 rings (SSSR count). The summed E-state index contributed by atoms with van der Waals surface area (Å²) in [6.45, 7) is 0. The summed E-state index contributed by atoms with van der Waals surface area (Å²) in [4.78, 5) is 17.3. The Bertz CT molecular complexity index is 63.5. The molecule has 0 aromatic heterocycles. The second kappa shape index (κ2) is 17.7. The first-order valence-electron chi connectivity index (χ1n) is 0.724. The molecule has 6 heavy (non-hydrogen) atoms. The molecule has 40 valence electrons. The van der Waals surface area contributed by atoms with Gasteiger partial charge in [-0.15, -0.1) is 0 Å². The van der Waals surface area contributed by atoms with Crippen molar-refractivity contribution >= 4 is 8.53 Å². The summed E-state index contributed by atoms with van der Waals surface area (Å²) in [6.07, 6.45) is 0. The Labute approximate surface area is 56.7 Å². The fourth-order valence-electron chi connectivity index (χ4n) is 0. The third kappa shape index (κ3) is 197. The van der Waals surface area contributed by atoms with Gasteiger partial charge in [-0.2, -0.15) is 0 Å². The Morgan fingerprint density at radius 2 is 1.00 bits per heavy atom. The van der Waals surface area contributed by atoms with Crippen molar-refractivity contribution in [1.82, 2.24) is 0 Å². The fraction of sp³-hybridized carbons (Fsp3) is 0. The van der Waals surface area contributed by atoms with Crippen molar-refractivity contribution in [2.45, 2.75) is 0 Å². The Morgan fingerprint density at radius 3 is 1.00 bits per heavy atom. The van der Waals surface area contributed by atoms with Gasteiger partial charge in [0.05, 0.1) is 0 Å². The standard InChI is InChI=1S/2CO.2Pt/c2*1-2;;. The Hall–Kier alpha value is 0.537. The quantitative estimate of drug-likeness (QED) is 0.489. The van der Waals surface area contributed by atoms with Crippen LogP contribution in [0.15, 0.2) is 0 Å². The van der Waals surface area contributed by atoms with Gasteiger partial charge < -0.3 is 0 Å². The fourth-order valence-corrected chi connectivity index (χ4v) is 0. The van der Waals surface area contributed by atoms with Crippen LogP contribution in [-0.2, 0) is 48.3 Å². The molecular formula is C2O2Pt2. The molecule has 0 bridgehead atoms. The van der Waals surface area contributed by atoms with Crippen molar-refractivity contribution in [3.05, 3.63) is 0 Å². The Balaban J connectivity index is 0. The van der Waals surface area contributed by atoms with E-state index >= 15 is 0 Å². The summed E-state index contributed by atoms with van der Waals surface area (Å²) in [6, 6.07) is 0. The average Bonchev–Trinajstić information content (AvgIpc) is 1.39. The number of carbonyl (C=O) groups excluding carboxylic acids is 2. The van der Waals surface area contributed by atoms with E-state index in [2.05, 4.69) is 0 Å². The summed E-state index contributed by atoms with van der Waals surface area (Å²) in [5.41, 5.74) is 0. The van der Waals surface area contributed by atoms with Gasteiger partial charge in [0, 0.05) is 0 Å². The molecule has 0 aliphatic rings. The maximum absolute atomic E-state index is 8.67. The van der Waals surface area contributed by atoms with Crippen LogP contribution >= 0.6 is 0 Å². The molecule has 0 heterocycles. The molecule has 0 atom stereocenters. The van der Waals surface area contributed by atoms with Crippen LogP contribution in [0.3, 0.4) is 0 Å². The summed E-state index contributed by atoms with van der Waals surface area (Å²) in [7, 11) is 0. The van der Waals surface area contributed by atoms with Gasteiger partial charge in [-0.3, -0.25) is 0 Å². The van der Waals surface area contributed by atoms with E-state index in [1.807, 2.05) is 0 Å². The Morgan fingerprint density at radius 1 is 1.00 bits per heavy atom. The number of hydrogen-bond acceptors (Lipinski definition) is 2. The van der Waals surface area contributed by atoms with Gasteiger partial charge >= 0.3 is 56.8 Å². The van der Waals surface area contributed by atoms with Crippen LogP contribution in [-0.4, -0.2) is 8.53 Å². The maximum atomic E-state index is 8.67. The van der Waals surface area contributed by atoms with Crippen LogP contribution in [0.4, 0.5) is 0 Å². The second-order valence-electron chi connectivity index (χ2n) is 0.129.